The molecule has 0 aromatic carbocycles. The van der Waals surface area contributed by atoms with E-state index in [1.165, 1.54) is 5.57 Å². The van der Waals surface area contributed by atoms with E-state index < -0.39 is 11.0 Å². The van der Waals surface area contributed by atoms with Crippen LogP contribution in [-0.4, -0.2) is 72.7 Å². The van der Waals surface area contributed by atoms with Crippen molar-refractivity contribution in [3.05, 3.63) is 11.1 Å². The maximum Gasteiger partial charge on any atom is 0.309 e. The normalized spacial score (nSPS) is 43.1. The van der Waals surface area contributed by atoms with E-state index in [0.29, 0.717) is 56.9 Å². The van der Waals surface area contributed by atoms with Gasteiger partial charge in [-0.25, -0.2) is 0 Å². The highest BCUT2D eigenvalue weighted by atomic mass is 16.5. The Bertz CT molecular complexity index is 1530. The van der Waals surface area contributed by atoms with Gasteiger partial charge in [0, 0.05) is 25.4 Å². The fourth-order valence-corrected chi connectivity index (χ4v) is 13.4. The molecule has 0 aromatic heterocycles. The lowest BCUT2D eigenvalue weighted by atomic mass is 9.38. The predicted octanol–water partition coefficient (Wildman–Crippen LogP) is 6.32. The number of nitrogens with zero attached hydrogens (tertiary/aromatic N) is 1. The molecule has 12 atom stereocenters. The Morgan fingerprint density at radius 1 is 0.942 bits per heavy atom. The third-order valence-corrected chi connectivity index (χ3v) is 16.5. The number of Topliss-reactive ketones (excluding diaryl/α,β-unsaturated/α-hetero) is 1. The Hall–Kier alpha value is -2.55. The first-order valence-corrected chi connectivity index (χ1v) is 20.6. The van der Waals surface area contributed by atoms with Crippen LogP contribution < -0.4 is 5.32 Å². The molecular formula is C43H64N2O7. The van der Waals surface area contributed by atoms with Crippen molar-refractivity contribution in [2.75, 3.05) is 26.3 Å². The lowest BCUT2D eigenvalue weighted by Gasteiger charge is -2.67. The van der Waals surface area contributed by atoms with Gasteiger partial charge in [-0.1, -0.05) is 41.5 Å². The van der Waals surface area contributed by atoms with E-state index in [1.807, 2.05) is 6.92 Å². The summed E-state index contributed by atoms with van der Waals surface area (Å²) in [7, 11) is 0. The SMILES string of the molecule is CC(C)C1=C2C3CCC4C(C)(CCC5C(C)C(OC(=O)C6CC(C=O)C6C)CCC54C)C3CCC2(NC(=O)C(C)(C)C(=O)N2CCOCC2)CC1=O. The molecule has 0 aromatic rings. The molecule has 6 fully saturated rings. The zero-order valence-corrected chi connectivity index (χ0v) is 33.1. The van der Waals surface area contributed by atoms with Crippen LogP contribution in [0.1, 0.15) is 120 Å². The van der Waals surface area contributed by atoms with Gasteiger partial charge in [-0.05, 0) is 135 Å². The predicted molar refractivity (Wildman–Crippen MR) is 197 cm³/mol. The second kappa shape index (κ2) is 13.3. The van der Waals surface area contributed by atoms with E-state index in [4.69, 9.17) is 9.47 Å². The second-order valence-corrected chi connectivity index (χ2v) is 19.6. The van der Waals surface area contributed by atoms with Crippen LogP contribution in [-0.2, 0) is 33.4 Å². The first-order valence-electron chi connectivity index (χ1n) is 20.6. The number of hydrogen-bond acceptors (Lipinski definition) is 7. The molecular weight excluding hydrogens is 656 g/mol. The topological polar surface area (TPSA) is 119 Å². The van der Waals surface area contributed by atoms with Gasteiger partial charge in [0.2, 0.25) is 11.8 Å². The van der Waals surface area contributed by atoms with Crippen LogP contribution in [0.25, 0.3) is 0 Å². The van der Waals surface area contributed by atoms with E-state index in [1.54, 1.807) is 18.7 Å². The molecule has 0 bridgehead atoms. The molecule has 12 unspecified atom stereocenters. The van der Waals surface area contributed by atoms with Crippen molar-refractivity contribution in [3.63, 3.8) is 0 Å². The molecule has 1 heterocycles. The van der Waals surface area contributed by atoms with Crippen LogP contribution in [0.4, 0.5) is 0 Å². The van der Waals surface area contributed by atoms with Crippen molar-refractivity contribution in [3.8, 4) is 0 Å². The lowest BCUT2D eigenvalue weighted by Crippen LogP contribution is -2.64. The number of hydrogen-bond donors (Lipinski definition) is 1. The molecule has 2 amide bonds. The number of carbonyl (C=O) groups excluding carboxylic acids is 5. The molecule has 288 valence electrons. The minimum absolute atomic E-state index is 0.0249. The van der Waals surface area contributed by atoms with Crippen molar-refractivity contribution in [1.82, 2.24) is 10.2 Å². The van der Waals surface area contributed by atoms with Gasteiger partial charge in [-0.15, -0.1) is 0 Å². The zero-order valence-electron chi connectivity index (χ0n) is 33.1. The number of nitrogens with one attached hydrogen (secondary N) is 1. The highest BCUT2D eigenvalue weighted by Crippen LogP contribution is 2.70. The van der Waals surface area contributed by atoms with E-state index in [2.05, 4.69) is 39.9 Å². The monoisotopic (exact) mass is 720 g/mol. The van der Waals surface area contributed by atoms with Crippen molar-refractivity contribution in [2.24, 2.45) is 69.5 Å². The third kappa shape index (κ3) is 5.66. The number of fused-ring (bicyclic) bond motifs is 7. The maximum atomic E-state index is 14.2. The molecule has 7 aliphatic rings. The zero-order chi connectivity index (χ0) is 37.5. The van der Waals surface area contributed by atoms with Crippen LogP contribution in [0.3, 0.4) is 0 Å². The van der Waals surface area contributed by atoms with Crippen LogP contribution in [0.5, 0.6) is 0 Å². The quantitative estimate of drug-likeness (QED) is 0.186. The summed E-state index contributed by atoms with van der Waals surface area (Å²) in [4.78, 5) is 68.2. The largest absolute Gasteiger partial charge is 0.462 e. The molecule has 52 heavy (non-hydrogen) atoms. The summed E-state index contributed by atoms with van der Waals surface area (Å²) in [6.07, 6.45) is 9.72. The summed E-state index contributed by atoms with van der Waals surface area (Å²) in [5.41, 5.74) is 0.356. The maximum absolute atomic E-state index is 14.2. The van der Waals surface area contributed by atoms with E-state index in [0.717, 1.165) is 63.2 Å². The second-order valence-electron chi connectivity index (χ2n) is 19.6. The van der Waals surface area contributed by atoms with Gasteiger partial charge < -0.3 is 24.5 Å². The molecule has 6 aliphatic carbocycles. The van der Waals surface area contributed by atoms with Crippen molar-refractivity contribution >= 4 is 29.9 Å². The minimum Gasteiger partial charge on any atom is -0.462 e. The molecule has 0 radical (unpaired) electrons. The average Bonchev–Trinajstić information content (AvgIpc) is 3.40. The smallest absolute Gasteiger partial charge is 0.309 e. The fourth-order valence-electron chi connectivity index (χ4n) is 13.4. The van der Waals surface area contributed by atoms with Crippen LogP contribution >= 0.6 is 0 Å². The fraction of sp³-hybridized carbons (Fsp3) is 0.837. The number of ether oxygens (including phenoxy) is 2. The van der Waals surface area contributed by atoms with Crippen molar-refractivity contribution in [2.45, 2.75) is 131 Å². The molecule has 5 saturated carbocycles. The number of rotatable bonds is 7. The summed E-state index contributed by atoms with van der Waals surface area (Å²) < 4.78 is 11.7. The number of aldehydes is 1. The van der Waals surface area contributed by atoms with Gasteiger partial charge in [0.15, 0.2) is 5.78 Å². The standard InChI is InChI=1S/C43H64N2O7/c1-24(2)35-32(47)22-43(44-38(49)40(5,6)39(50)45-17-19-51-20-18-45)16-12-31-28(36(35)43)9-10-34-41(7)15-13-33(26(4)30(41)11-14-42(31,34)8)52-37(48)29-21-27(23-46)25(29)3/h23-31,33-34H,9-22H2,1-8H3,(H,44,49). The Kier molecular flexibility index (Phi) is 9.68. The molecule has 0 spiro atoms. The summed E-state index contributed by atoms with van der Waals surface area (Å²) in [6.45, 7) is 19.0. The number of esters is 1. The molecule has 9 nitrogen and oxygen atoms in total. The number of amides is 2. The van der Waals surface area contributed by atoms with Gasteiger partial charge in [0.25, 0.3) is 0 Å². The highest BCUT2D eigenvalue weighted by Gasteiger charge is 2.65. The highest BCUT2D eigenvalue weighted by molar-refractivity contribution is 6.06. The summed E-state index contributed by atoms with van der Waals surface area (Å²) in [5.74, 6) is 1.46. The summed E-state index contributed by atoms with van der Waals surface area (Å²) >= 11 is 0. The van der Waals surface area contributed by atoms with Gasteiger partial charge in [0.05, 0.1) is 24.7 Å². The van der Waals surface area contributed by atoms with Crippen molar-refractivity contribution < 1.29 is 33.4 Å². The number of ketones is 1. The number of morpholine rings is 1. The van der Waals surface area contributed by atoms with E-state index in [-0.39, 0.29) is 76.0 Å². The summed E-state index contributed by atoms with van der Waals surface area (Å²) in [5, 5.41) is 3.44. The van der Waals surface area contributed by atoms with Gasteiger partial charge >= 0.3 is 5.97 Å². The first-order chi connectivity index (χ1) is 24.5. The molecule has 9 heteroatoms. The van der Waals surface area contributed by atoms with E-state index in [9.17, 15) is 24.0 Å². The lowest BCUT2D eigenvalue weighted by molar-refractivity contribution is -0.195. The Morgan fingerprint density at radius 2 is 1.60 bits per heavy atom. The third-order valence-electron chi connectivity index (χ3n) is 16.5. The number of allylic oxidation sites excluding steroid dienone is 1. The summed E-state index contributed by atoms with van der Waals surface area (Å²) in [6, 6.07) is 0. The molecule has 7 rings (SSSR count). The van der Waals surface area contributed by atoms with Crippen LogP contribution in [0, 0.1) is 69.5 Å². The van der Waals surface area contributed by atoms with E-state index >= 15 is 0 Å². The Morgan fingerprint density at radius 3 is 2.25 bits per heavy atom. The minimum atomic E-state index is -1.26. The Labute approximate surface area is 311 Å². The van der Waals surface area contributed by atoms with Gasteiger partial charge in [-0.2, -0.15) is 0 Å². The molecule has 1 aliphatic heterocycles. The van der Waals surface area contributed by atoms with Gasteiger partial charge in [-0.3, -0.25) is 19.2 Å². The van der Waals surface area contributed by atoms with Crippen molar-refractivity contribution in [1.29, 1.82) is 0 Å². The van der Waals surface area contributed by atoms with Crippen LogP contribution in [0.2, 0.25) is 0 Å². The van der Waals surface area contributed by atoms with Crippen LogP contribution in [0.15, 0.2) is 11.1 Å². The molecule has 1 N–H and O–H groups in total. The number of carbonyl (C=O) groups is 5. The average molecular weight is 721 g/mol. The van der Waals surface area contributed by atoms with Gasteiger partial charge in [0.1, 0.15) is 17.8 Å². The molecule has 1 saturated heterocycles. The first kappa shape index (κ1) is 37.8. The Balaban J connectivity index is 1.11.